The molecule has 0 unspecified atom stereocenters. The van der Waals surface area contributed by atoms with E-state index in [1.54, 1.807) is 24.3 Å². The second kappa shape index (κ2) is 6.96. The number of carbonyl (C=O) groups excluding carboxylic acids is 1. The summed E-state index contributed by atoms with van der Waals surface area (Å²) in [6.07, 6.45) is 3.76. The first-order valence-electron chi connectivity index (χ1n) is 7.67. The quantitative estimate of drug-likeness (QED) is 0.316. The molecule has 0 aliphatic carbocycles. The van der Waals surface area contributed by atoms with Crippen molar-refractivity contribution in [1.29, 1.82) is 0 Å². The van der Waals surface area contributed by atoms with E-state index < -0.39 is 11.6 Å². The van der Waals surface area contributed by atoms with Crippen LogP contribution in [-0.4, -0.2) is 5.97 Å². The van der Waals surface area contributed by atoms with E-state index in [1.807, 2.05) is 37.3 Å². The third-order valence-electron chi connectivity index (χ3n) is 3.61. The standard InChI is InChI=1S/C20H16O4/c1-2-15-12-20(22)24-18-13-16(9-10-17(15)18)23-19(21)11-8-14-6-4-3-5-7-14/h3-13H,2H2,1H3/b11-8+. The first-order chi connectivity index (χ1) is 11.7. The lowest BCUT2D eigenvalue weighted by Crippen LogP contribution is -2.04. The summed E-state index contributed by atoms with van der Waals surface area (Å²) >= 11 is 0. The summed E-state index contributed by atoms with van der Waals surface area (Å²) < 4.78 is 10.5. The van der Waals surface area contributed by atoms with Gasteiger partial charge >= 0.3 is 11.6 Å². The Labute approximate surface area is 139 Å². The molecule has 2 aromatic carbocycles. The zero-order valence-corrected chi connectivity index (χ0v) is 13.2. The van der Waals surface area contributed by atoms with Gasteiger partial charge in [0.05, 0.1) is 0 Å². The molecule has 0 bridgehead atoms. The van der Waals surface area contributed by atoms with Crippen molar-refractivity contribution in [2.24, 2.45) is 0 Å². The minimum atomic E-state index is -0.493. The van der Waals surface area contributed by atoms with Crippen molar-refractivity contribution in [3.63, 3.8) is 0 Å². The Balaban J connectivity index is 1.81. The lowest BCUT2D eigenvalue weighted by atomic mass is 10.1. The van der Waals surface area contributed by atoms with Crippen LogP contribution in [-0.2, 0) is 11.2 Å². The maximum atomic E-state index is 11.9. The highest BCUT2D eigenvalue weighted by molar-refractivity contribution is 5.89. The van der Waals surface area contributed by atoms with Gasteiger partial charge < -0.3 is 9.15 Å². The molecule has 3 rings (SSSR count). The highest BCUT2D eigenvalue weighted by atomic mass is 16.5. The van der Waals surface area contributed by atoms with Crippen molar-refractivity contribution in [3.8, 4) is 5.75 Å². The second-order valence-corrected chi connectivity index (χ2v) is 5.27. The zero-order valence-electron chi connectivity index (χ0n) is 13.2. The van der Waals surface area contributed by atoms with Crippen molar-refractivity contribution < 1.29 is 13.9 Å². The third kappa shape index (κ3) is 3.60. The van der Waals surface area contributed by atoms with E-state index in [0.29, 0.717) is 11.3 Å². The lowest BCUT2D eigenvalue weighted by Gasteiger charge is -2.05. The number of ether oxygens (including phenoxy) is 1. The molecule has 120 valence electrons. The Kier molecular flexibility index (Phi) is 4.57. The van der Waals surface area contributed by atoms with Crippen molar-refractivity contribution in [2.45, 2.75) is 13.3 Å². The molecule has 0 fully saturated rings. The Morgan fingerprint density at radius 3 is 2.67 bits per heavy atom. The van der Waals surface area contributed by atoms with Gasteiger partial charge in [0.25, 0.3) is 0 Å². The molecule has 0 N–H and O–H groups in total. The van der Waals surface area contributed by atoms with Gasteiger partial charge in [-0.1, -0.05) is 37.3 Å². The van der Waals surface area contributed by atoms with Crippen LogP contribution in [0.3, 0.4) is 0 Å². The average molecular weight is 320 g/mol. The monoisotopic (exact) mass is 320 g/mol. The van der Waals surface area contributed by atoms with Gasteiger partial charge in [0, 0.05) is 23.6 Å². The van der Waals surface area contributed by atoms with Gasteiger partial charge in [-0.25, -0.2) is 9.59 Å². The predicted molar refractivity (Wildman–Crippen MR) is 93.0 cm³/mol. The SMILES string of the molecule is CCc1cc(=O)oc2cc(OC(=O)/C=C/c3ccccc3)ccc12. The van der Waals surface area contributed by atoms with E-state index in [1.165, 1.54) is 12.1 Å². The van der Waals surface area contributed by atoms with Crippen LogP contribution in [0.2, 0.25) is 0 Å². The molecule has 0 radical (unpaired) electrons. The van der Waals surface area contributed by atoms with Crippen LogP contribution in [0, 0.1) is 0 Å². The number of benzene rings is 2. The Morgan fingerprint density at radius 2 is 1.92 bits per heavy atom. The second-order valence-electron chi connectivity index (χ2n) is 5.27. The van der Waals surface area contributed by atoms with Crippen LogP contribution in [0.25, 0.3) is 17.0 Å². The van der Waals surface area contributed by atoms with E-state index in [4.69, 9.17) is 9.15 Å². The number of aryl methyl sites for hydroxylation is 1. The van der Waals surface area contributed by atoms with E-state index >= 15 is 0 Å². The molecular weight excluding hydrogens is 304 g/mol. The Morgan fingerprint density at radius 1 is 1.12 bits per heavy atom. The van der Waals surface area contributed by atoms with Crippen LogP contribution in [0.4, 0.5) is 0 Å². The zero-order chi connectivity index (χ0) is 16.9. The molecule has 0 amide bonds. The fourth-order valence-electron chi connectivity index (χ4n) is 2.44. The van der Waals surface area contributed by atoms with Crippen molar-refractivity contribution in [1.82, 2.24) is 0 Å². The van der Waals surface area contributed by atoms with E-state index in [0.717, 1.165) is 22.9 Å². The minimum absolute atomic E-state index is 0.335. The summed E-state index contributed by atoms with van der Waals surface area (Å²) in [7, 11) is 0. The van der Waals surface area contributed by atoms with Crippen LogP contribution in [0.1, 0.15) is 18.1 Å². The minimum Gasteiger partial charge on any atom is -0.423 e. The molecule has 0 saturated heterocycles. The van der Waals surface area contributed by atoms with Gasteiger partial charge in [-0.15, -0.1) is 0 Å². The molecule has 1 aromatic heterocycles. The smallest absolute Gasteiger partial charge is 0.336 e. The summed E-state index contributed by atoms with van der Waals surface area (Å²) in [5.41, 5.74) is 1.82. The molecule has 4 nitrogen and oxygen atoms in total. The van der Waals surface area contributed by atoms with Crippen molar-refractivity contribution in [2.75, 3.05) is 0 Å². The molecular formula is C20H16O4. The third-order valence-corrected chi connectivity index (χ3v) is 3.61. The molecule has 0 aliphatic rings. The van der Waals surface area contributed by atoms with Crippen LogP contribution in [0.15, 0.2) is 69.9 Å². The Bertz CT molecular complexity index is 952. The topological polar surface area (TPSA) is 56.5 Å². The maximum Gasteiger partial charge on any atom is 0.336 e. The molecule has 24 heavy (non-hydrogen) atoms. The molecule has 0 aliphatic heterocycles. The number of hydrogen-bond acceptors (Lipinski definition) is 4. The first-order valence-corrected chi connectivity index (χ1v) is 7.67. The molecule has 1 heterocycles. The van der Waals surface area contributed by atoms with Crippen LogP contribution < -0.4 is 10.4 Å². The highest BCUT2D eigenvalue weighted by Gasteiger charge is 2.07. The van der Waals surface area contributed by atoms with Crippen LogP contribution in [0.5, 0.6) is 5.75 Å². The van der Waals surface area contributed by atoms with E-state index in [9.17, 15) is 9.59 Å². The summed E-state index contributed by atoms with van der Waals surface area (Å²) in [5, 5.41) is 0.844. The number of hydrogen-bond donors (Lipinski definition) is 0. The molecule has 0 spiro atoms. The molecule has 4 heteroatoms. The average Bonchev–Trinajstić information content (AvgIpc) is 2.59. The van der Waals surface area contributed by atoms with E-state index in [2.05, 4.69) is 0 Å². The fraction of sp³-hybridized carbons (Fsp3) is 0.100. The van der Waals surface area contributed by atoms with Gasteiger partial charge in [0.1, 0.15) is 11.3 Å². The van der Waals surface area contributed by atoms with Crippen molar-refractivity contribution in [3.05, 3.63) is 82.2 Å². The molecule has 0 atom stereocenters. The predicted octanol–water partition coefficient (Wildman–Crippen LogP) is 3.97. The van der Waals surface area contributed by atoms with E-state index in [-0.39, 0.29) is 0 Å². The van der Waals surface area contributed by atoms with Gasteiger partial charge in [-0.3, -0.25) is 0 Å². The highest BCUT2D eigenvalue weighted by Crippen LogP contribution is 2.23. The molecule has 0 saturated carbocycles. The first kappa shape index (κ1) is 15.7. The lowest BCUT2D eigenvalue weighted by molar-refractivity contribution is -0.128. The Hall–Kier alpha value is -3.14. The molecule has 3 aromatic rings. The van der Waals surface area contributed by atoms with Gasteiger partial charge in [0.2, 0.25) is 0 Å². The van der Waals surface area contributed by atoms with Gasteiger partial charge in [-0.2, -0.15) is 0 Å². The van der Waals surface area contributed by atoms with Gasteiger partial charge in [-0.05, 0) is 35.8 Å². The fourth-order valence-corrected chi connectivity index (χ4v) is 2.44. The normalized spacial score (nSPS) is 11.0. The summed E-state index contributed by atoms with van der Waals surface area (Å²) in [4.78, 5) is 23.5. The maximum absolute atomic E-state index is 11.9. The number of rotatable bonds is 4. The summed E-state index contributed by atoms with van der Waals surface area (Å²) in [6, 6.07) is 16.0. The van der Waals surface area contributed by atoms with Gasteiger partial charge in [0.15, 0.2) is 0 Å². The number of carbonyl (C=O) groups is 1. The number of fused-ring (bicyclic) bond motifs is 1. The summed E-state index contributed by atoms with van der Waals surface area (Å²) in [5.74, 6) is -0.159. The summed E-state index contributed by atoms with van der Waals surface area (Å²) in [6.45, 7) is 1.97. The van der Waals surface area contributed by atoms with Crippen LogP contribution >= 0.6 is 0 Å². The number of esters is 1. The van der Waals surface area contributed by atoms with Crippen molar-refractivity contribution >= 4 is 23.0 Å². The largest absolute Gasteiger partial charge is 0.423 e.